The number of hydrogen-bond donors (Lipinski definition) is 1. The number of hydrogen-bond acceptors (Lipinski definition) is 3. The highest BCUT2D eigenvalue weighted by Gasteiger charge is 2.34. The van der Waals surface area contributed by atoms with Crippen LogP contribution in [0.25, 0.3) is 0 Å². The Morgan fingerprint density at radius 1 is 1.55 bits per heavy atom. The van der Waals surface area contributed by atoms with Crippen molar-refractivity contribution in [3.8, 4) is 0 Å². The predicted molar refractivity (Wildman–Crippen MR) is 41.8 cm³/mol. The van der Waals surface area contributed by atoms with Gasteiger partial charge in [-0.3, -0.25) is 10.1 Å². The summed E-state index contributed by atoms with van der Waals surface area (Å²) in [5.74, 6) is 0.463. The molecule has 3 unspecified atom stereocenters. The van der Waals surface area contributed by atoms with Crippen LogP contribution in [0.15, 0.2) is 0 Å². The quantitative estimate of drug-likeness (QED) is 0.453. The van der Waals surface area contributed by atoms with E-state index in [2.05, 4.69) is 0 Å². The van der Waals surface area contributed by atoms with Gasteiger partial charge in [-0.2, -0.15) is 0 Å². The zero-order valence-electron chi connectivity index (χ0n) is 6.69. The third-order valence-corrected chi connectivity index (χ3v) is 2.40. The second-order valence-electron chi connectivity index (χ2n) is 3.43. The minimum atomic E-state index is -0.501. The molecule has 0 aromatic heterocycles. The zero-order chi connectivity index (χ0) is 8.43. The van der Waals surface area contributed by atoms with E-state index in [1.165, 1.54) is 0 Å². The van der Waals surface area contributed by atoms with Crippen LogP contribution >= 0.6 is 0 Å². The second kappa shape index (κ2) is 3.17. The summed E-state index contributed by atoms with van der Waals surface area (Å²) < 4.78 is 0. The van der Waals surface area contributed by atoms with Gasteiger partial charge in [0.1, 0.15) is 0 Å². The fourth-order valence-corrected chi connectivity index (χ4v) is 1.62. The van der Waals surface area contributed by atoms with E-state index in [-0.39, 0.29) is 11.0 Å². The Hall–Kier alpha value is -0.640. The van der Waals surface area contributed by atoms with Gasteiger partial charge in [-0.05, 0) is 18.8 Å². The zero-order valence-corrected chi connectivity index (χ0v) is 6.69. The van der Waals surface area contributed by atoms with E-state index in [0.717, 1.165) is 12.8 Å². The van der Waals surface area contributed by atoms with Gasteiger partial charge < -0.3 is 5.73 Å². The van der Waals surface area contributed by atoms with E-state index in [0.29, 0.717) is 12.3 Å². The van der Waals surface area contributed by atoms with Gasteiger partial charge in [-0.1, -0.05) is 6.92 Å². The Morgan fingerprint density at radius 2 is 2.18 bits per heavy atom. The first-order valence-corrected chi connectivity index (χ1v) is 4.00. The predicted octanol–water partition coefficient (Wildman–Crippen LogP) is 0.779. The third kappa shape index (κ3) is 1.89. The summed E-state index contributed by atoms with van der Waals surface area (Å²) in [6.07, 6.45) is 2.48. The second-order valence-corrected chi connectivity index (χ2v) is 3.43. The molecule has 0 heterocycles. The summed E-state index contributed by atoms with van der Waals surface area (Å²) >= 11 is 0. The summed E-state index contributed by atoms with van der Waals surface area (Å²) in [4.78, 5) is 10.2. The first-order valence-electron chi connectivity index (χ1n) is 4.00. The molecule has 0 saturated heterocycles. The topological polar surface area (TPSA) is 69.2 Å². The molecule has 4 nitrogen and oxygen atoms in total. The van der Waals surface area contributed by atoms with Gasteiger partial charge in [0.05, 0.1) is 6.04 Å². The Kier molecular flexibility index (Phi) is 2.44. The molecule has 1 aliphatic carbocycles. The minimum absolute atomic E-state index is 0.221. The van der Waals surface area contributed by atoms with Crippen molar-refractivity contribution in [3.63, 3.8) is 0 Å². The van der Waals surface area contributed by atoms with Crippen LogP contribution in [0.5, 0.6) is 0 Å². The fourth-order valence-electron chi connectivity index (χ4n) is 1.62. The van der Waals surface area contributed by atoms with Crippen LogP contribution in [0.4, 0.5) is 0 Å². The summed E-state index contributed by atoms with van der Waals surface area (Å²) in [5, 5.41) is 10.4. The number of nitrogens with zero attached hydrogens (tertiary/aromatic N) is 1. The maximum Gasteiger partial charge on any atom is 0.228 e. The maximum atomic E-state index is 10.4. The molecular weight excluding hydrogens is 144 g/mol. The van der Waals surface area contributed by atoms with Crippen LogP contribution in [-0.4, -0.2) is 17.0 Å². The number of nitrogens with two attached hydrogens (primary N) is 1. The molecule has 0 aromatic carbocycles. The van der Waals surface area contributed by atoms with Crippen molar-refractivity contribution < 1.29 is 4.92 Å². The molecule has 3 atom stereocenters. The highest BCUT2D eigenvalue weighted by Crippen LogP contribution is 2.24. The summed E-state index contributed by atoms with van der Waals surface area (Å²) in [7, 11) is 0. The van der Waals surface area contributed by atoms with Crippen molar-refractivity contribution in [2.24, 2.45) is 11.7 Å². The van der Waals surface area contributed by atoms with Crippen molar-refractivity contribution in [2.45, 2.75) is 38.3 Å². The van der Waals surface area contributed by atoms with E-state index in [1.54, 1.807) is 0 Å². The summed E-state index contributed by atoms with van der Waals surface area (Å²) in [6.45, 7) is 2.04. The van der Waals surface area contributed by atoms with Gasteiger partial charge in [0.2, 0.25) is 6.04 Å². The Labute approximate surface area is 65.9 Å². The lowest BCUT2D eigenvalue weighted by molar-refractivity contribution is -0.530. The molecule has 4 heteroatoms. The first kappa shape index (κ1) is 8.46. The normalized spacial score (nSPS) is 38.5. The highest BCUT2D eigenvalue weighted by atomic mass is 16.6. The Bertz CT molecular complexity index is 161. The smallest absolute Gasteiger partial charge is 0.228 e. The molecule has 1 rings (SSSR count). The molecule has 0 amide bonds. The van der Waals surface area contributed by atoms with Gasteiger partial charge >= 0.3 is 0 Å². The molecule has 11 heavy (non-hydrogen) atoms. The van der Waals surface area contributed by atoms with Crippen molar-refractivity contribution in [1.82, 2.24) is 0 Å². The molecule has 0 bridgehead atoms. The van der Waals surface area contributed by atoms with Crippen LogP contribution in [-0.2, 0) is 0 Å². The molecule has 1 saturated carbocycles. The molecule has 0 radical (unpaired) electrons. The lowest BCUT2D eigenvalue weighted by atomic mass is 9.84. The average Bonchev–Trinajstić information content (AvgIpc) is 1.94. The van der Waals surface area contributed by atoms with Crippen LogP contribution in [0, 0.1) is 16.0 Å². The molecule has 0 aliphatic heterocycles. The molecule has 1 fully saturated rings. The van der Waals surface area contributed by atoms with E-state index in [1.807, 2.05) is 6.92 Å². The van der Waals surface area contributed by atoms with Gasteiger partial charge in [0, 0.05) is 11.3 Å². The molecular formula is C7H14N2O2. The van der Waals surface area contributed by atoms with E-state index >= 15 is 0 Å². The van der Waals surface area contributed by atoms with Crippen LogP contribution < -0.4 is 5.73 Å². The van der Waals surface area contributed by atoms with Gasteiger partial charge in [-0.25, -0.2) is 0 Å². The molecule has 0 aromatic rings. The largest absolute Gasteiger partial charge is 0.322 e. The van der Waals surface area contributed by atoms with Gasteiger partial charge in [0.25, 0.3) is 0 Å². The van der Waals surface area contributed by atoms with Gasteiger partial charge in [0.15, 0.2) is 0 Å². The Morgan fingerprint density at radius 3 is 2.64 bits per heavy atom. The monoisotopic (exact) mass is 158 g/mol. The van der Waals surface area contributed by atoms with Crippen molar-refractivity contribution in [3.05, 3.63) is 10.1 Å². The van der Waals surface area contributed by atoms with Crippen molar-refractivity contribution >= 4 is 0 Å². The lowest BCUT2D eigenvalue weighted by Crippen LogP contribution is -2.44. The van der Waals surface area contributed by atoms with Crippen molar-refractivity contribution in [1.29, 1.82) is 0 Å². The molecule has 2 N–H and O–H groups in total. The third-order valence-electron chi connectivity index (χ3n) is 2.40. The fraction of sp³-hybridized carbons (Fsp3) is 1.00. The highest BCUT2D eigenvalue weighted by molar-refractivity contribution is 4.80. The Balaban J connectivity index is 2.54. The first-order chi connectivity index (χ1) is 5.11. The van der Waals surface area contributed by atoms with Gasteiger partial charge in [-0.15, -0.1) is 0 Å². The lowest BCUT2D eigenvalue weighted by Gasteiger charge is -2.26. The van der Waals surface area contributed by atoms with E-state index < -0.39 is 6.04 Å². The average molecular weight is 158 g/mol. The van der Waals surface area contributed by atoms with Crippen molar-refractivity contribution in [2.75, 3.05) is 0 Å². The maximum absolute atomic E-state index is 10.4. The van der Waals surface area contributed by atoms with E-state index in [9.17, 15) is 10.1 Å². The number of rotatable bonds is 1. The van der Waals surface area contributed by atoms with Crippen LogP contribution in [0.3, 0.4) is 0 Å². The molecule has 1 aliphatic rings. The summed E-state index contributed by atoms with van der Waals surface area (Å²) in [5.41, 5.74) is 5.60. The molecule has 0 spiro atoms. The summed E-state index contributed by atoms with van der Waals surface area (Å²) in [6, 6.07) is -0.722. The molecule has 64 valence electrons. The van der Waals surface area contributed by atoms with E-state index in [4.69, 9.17) is 5.73 Å². The SMILES string of the molecule is CC1CCC(N)C([N+](=O)[O-])C1. The number of nitro groups is 1. The minimum Gasteiger partial charge on any atom is -0.322 e. The van der Waals surface area contributed by atoms with Crippen LogP contribution in [0.2, 0.25) is 0 Å². The standard InChI is InChI=1S/C7H14N2O2/c1-5-2-3-6(8)7(4-5)9(10)11/h5-7H,2-4,8H2,1H3. The van der Waals surface area contributed by atoms with Crippen LogP contribution in [0.1, 0.15) is 26.2 Å².